The quantitative estimate of drug-likeness (QED) is 0.733. The first-order valence-corrected chi connectivity index (χ1v) is 5.13. The molecule has 0 aliphatic heterocycles. The summed E-state index contributed by atoms with van der Waals surface area (Å²) < 4.78 is 0. The third-order valence-electron chi connectivity index (χ3n) is 1.66. The molecular weight excluding hydrogens is 200 g/mol. The summed E-state index contributed by atoms with van der Waals surface area (Å²) in [5.74, 6) is -0.166. The first-order valence-electron chi connectivity index (χ1n) is 4.18. The Hall–Kier alpha value is -1.20. The number of hydrogen-bond acceptors (Lipinski definition) is 4. The molecule has 0 unspecified atom stereocenters. The van der Waals surface area contributed by atoms with Gasteiger partial charge in [-0.3, -0.25) is 4.79 Å². The van der Waals surface area contributed by atoms with Gasteiger partial charge in [0.2, 0.25) is 0 Å². The molecule has 1 rings (SSSR count). The molecule has 0 saturated heterocycles. The Morgan fingerprint density at radius 3 is 3.07 bits per heavy atom. The molecule has 1 aromatic heterocycles. The second-order valence-corrected chi connectivity index (χ2v) is 3.36. The highest BCUT2D eigenvalue weighted by Gasteiger charge is 2.15. The molecule has 76 valence electrons. The lowest BCUT2D eigenvalue weighted by atomic mass is 10.3. The van der Waals surface area contributed by atoms with E-state index in [-0.39, 0.29) is 12.5 Å². The minimum absolute atomic E-state index is 0.0519. The molecule has 1 N–H and O–H groups in total. The van der Waals surface area contributed by atoms with Crippen LogP contribution in [0.1, 0.15) is 10.5 Å². The maximum atomic E-state index is 11.7. The smallest absolute Gasteiger partial charge is 0.273 e. The van der Waals surface area contributed by atoms with Crippen molar-refractivity contribution in [2.75, 3.05) is 19.7 Å². The minimum atomic E-state index is -0.166. The van der Waals surface area contributed by atoms with E-state index in [1.807, 2.05) is 0 Å². The fraction of sp³-hybridized carbons (Fsp3) is 0.333. The van der Waals surface area contributed by atoms with Crippen LogP contribution in [0.4, 0.5) is 0 Å². The lowest BCUT2D eigenvalue weighted by molar-refractivity contribution is 0.0738. The standard InChI is InChI=1S/C9H12N2O2S/c1-2-3-11(4-5-12)9(13)8-6-14-7-10-8/h2,6-7,12H,1,3-5H2. The molecule has 1 heterocycles. The molecule has 0 spiro atoms. The molecule has 1 aromatic rings. The van der Waals surface area contributed by atoms with Crippen LogP contribution in [0.5, 0.6) is 0 Å². The molecule has 5 heteroatoms. The van der Waals surface area contributed by atoms with Crippen molar-refractivity contribution in [1.29, 1.82) is 0 Å². The van der Waals surface area contributed by atoms with Crippen LogP contribution in [0.2, 0.25) is 0 Å². The van der Waals surface area contributed by atoms with E-state index >= 15 is 0 Å². The van der Waals surface area contributed by atoms with Crippen molar-refractivity contribution in [2.45, 2.75) is 0 Å². The molecule has 0 aliphatic carbocycles. The molecule has 4 nitrogen and oxygen atoms in total. The molecule has 1 amide bonds. The van der Waals surface area contributed by atoms with E-state index in [2.05, 4.69) is 11.6 Å². The summed E-state index contributed by atoms with van der Waals surface area (Å²) in [6.45, 7) is 4.24. The predicted molar refractivity (Wildman–Crippen MR) is 55.3 cm³/mol. The Morgan fingerprint density at radius 1 is 1.79 bits per heavy atom. The van der Waals surface area contributed by atoms with Gasteiger partial charge in [0, 0.05) is 18.5 Å². The van der Waals surface area contributed by atoms with Crippen LogP contribution in [0.3, 0.4) is 0 Å². The number of thiazole rings is 1. The molecule has 14 heavy (non-hydrogen) atoms. The Morgan fingerprint density at radius 2 is 2.57 bits per heavy atom. The molecule has 0 aromatic carbocycles. The second kappa shape index (κ2) is 5.51. The number of hydrogen-bond donors (Lipinski definition) is 1. The van der Waals surface area contributed by atoms with Crippen molar-refractivity contribution in [2.24, 2.45) is 0 Å². The van der Waals surface area contributed by atoms with E-state index < -0.39 is 0 Å². The van der Waals surface area contributed by atoms with Gasteiger partial charge in [-0.15, -0.1) is 17.9 Å². The number of aliphatic hydroxyl groups excluding tert-OH is 1. The first-order chi connectivity index (χ1) is 6.79. The van der Waals surface area contributed by atoms with Gasteiger partial charge < -0.3 is 10.0 Å². The van der Waals surface area contributed by atoms with Gasteiger partial charge in [-0.2, -0.15) is 0 Å². The molecule has 0 bridgehead atoms. The van der Waals surface area contributed by atoms with Crippen LogP contribution in [0.15, 0.2) is 23.5 Å². The third kappa shape index (κ3) is 2.65. The van der Waals surface area contributed by atoms with Crippen LogP contribution < -0.4 is 0 Å². The number of carbonyl (C=O) groups excluding carboxylic acids is 1. The maximum absolute atomic E-state index is 11.7. The molecular formula is C9H12N2O2S. The number of amides is 1. The summed E-state index contributed by atoms with van der Waals surface area (Å²) in [6, 6.07) is 0. The summed E-state index contributed by atoms with van der Waals surface area (Å²) >= 11 is 1.37. The molecule has 0 radical (unpaired) electrons. The zero-order valence-corrected chi connectivity index (χ0v) is 8.54. The van der Waals surface area contributed by atoms with Crippen LogP contribution in [-0.2, 0) is 0 Å². The highest BCUT2D eigenvalue weighted by molar-refractivity contribution is 7.07. The van der Waals surface area contributed by atoms with Gasteiger partial charge in [-0.25, -0.2) is 4.98 Å². The highest BCUT2D eigenvalue weighted by atomic mass is 32.1. The van der Waals surface area contributed by atoms with Crippen LogP contribution in [0.25, 0.3) is 0 Å². The number of aromatic nitrogens is 1. The average molecular weight is 212 g/mol. The molecule has 0 aliphatic rings. The Bertz CT molecular complexity index is 298. The predicted octanol–water partition coefficient (Wildman–Crippen LogP) is 0.764. The molecule has 0 saturated carbocycles. The number of rotatable bonds is 5. The number of aliphatic hydroxyl groups is 1. The van der Waals surface area contributed by atoms with E-state index in [0.29, 0.717) is 18.8 Å². The zero-order valence-electron chi connectivity index (χ0n) is 7.72. The topological polar surface area (TPSA) is 53.4 Å². The summed E-state index contributed by atoms with van der Waals surface area (Å²) in [6.07, 6.45) is 1.62. The van der Waals surface area contributed by atoms with Gasteiger partial charge in [0.25, 0.3) is 5.91 Å². The summed E-state index contributed by atoms with van der Waals surface area (Å²) in [5.41, 5.74) is 2.03. The normalized spacial score (nSPS) is 9.79. The van der Waals surface area contributed by atoms with Gasteiger partial charge in [0.1, 0.15) is 5.69 Å². The van der Waals surface area contributed by atoms with Gasteiger partial charge in [0.15, 0.2) is 0 Å². The van der Waals surface area contributed by atoms with Crippen molar-refractivity contribution in [3.63, 3.8) is 0 Å². The lowest BCUT2D eigenvalue weighted by Gasteiger charge is -2.18. The van der Waals surface area contributed by atoms with Crippen LogP contribution >= 0.6 is 11.3 Å². The fourth-order valence-electron chi connectivity index (χ4n) is 1.03. The van der Waals surface area contributed by atoms with E-state index in [1.165, 1.54) is 16.2 Å². The van der Waals surface area contributed by atoms with E-state index in [1.54, 1.807) is 17.0 Å². The van der Waals surface area contributed by atoms with Crippen molar-refractivity contribution in [3.8, 4) is 0 Å². The van der Waals surface area contributed by atoms with Gasteiger partial charge in [0.05, 0.1) is 12.1 Å². The van der Waals surface area contributed by atoms with Crippen molar-refractivity contribution < 1.29 is 9.90 Å². The largest absolute Gasteiger partial charge is 0.395 e. The van der Waals surface area contributed by atoms with E-state index in [4.69, 9.17) is 5.11 Å². The Kier molecular flexibility index (Phi) is 4.28. The zero-order chi connectivity index (χ0) is 10.4. The number of nitrogens with zero attached hydrogens (tertiary/aromatic N) is 2. The fourth-order valence-corrected chi connectivity index (χ4v) is 1.56. The number of carbonyl (C=O) groups is 1. The SMILES string of the molecule is C=CCN(CCO)C(=O)c1cscn1. The van der Waals surface area contributed by atoms with Crippen LogP contribution in [-0.4, -0.2) is 40.6 Å². The van der Waals surface area contributed by atoms with E-state index in [0.717, 1.165) is 0 Å². The molecule has 0 atom stereocenters. The lowest BCUT2D eigenvalue weighted by Crippen LogP contribution is -2.33. The van der Waals surface area contributed by atoms with E-state index in [9.17, 15) is 4.79 Å². The van der Waals surface area contributed by atoms with Gasteiger partial charge in [-0.1, -0.05) is 6.08 Å². The third-order valence-corrected chi connectivity index (χ3v) is 2.24. The summed E-state index contributed by atoms with van der Waals surface area (Å²) in [4.78, 5) is 17.1. The van der Waals surface area contributed by atoms with Crippen molar-refractivity contribution in [3.05, 3.63) is 29.2 Å². The highest BCUT2D eigenvalue weighted by Crippen LogP contribution is 2.05. The monoisotopic (exact) mass is 212 g/mol. The average Bonchev–Trinajstić information content (AvgIpc) is 2.69. The second-order valence-electron chi connectivity index (χ2n) is 2.64. The first kappa shape index (κ1) is 10.9. The molecule has 0 fully saturated rings. The minimum Gasteiger partial charge on any atom is -0.395 e. The Labute approximate surface area is 86.5 Å². The summed E-state index contributed by atoms with van der Waals surface area (Å²) in [7, 11) is 0. The van der Waals surface area contributed by atoms with Crippen molar-refractivity contribution in [1.82, 2.24) is 9.88 Å². The van der Waals surface area contributed by atoms with Gasteiger partial charge in [-0.05, 0) is 0 Å². The van der Waals surface area contributed by atoms with Crippen LogP contribution in [0, 0.1) is 0 Å². The van der Waals surface area contributed by atoms with Crippen molar-refractivity contribution >= 4 is 17.2 Å². The maximum Gasteiger partial charge on any atom is 0.273 e. The van der Waals surface area contributed by atoms with Gasteiger partial charge >= 0.3 is 0 Å². The Balaban J connectivity index is 2.68. The summed E-state index contributed by atoms with van der Waals surface area (Å²) in [5, 5.41) is 10.5.